The van der Waals surface area contributed by atoms with Crippen molar-refractivity contribution in [3.8, 4) is 0 Å². The largest absolute Gasteiger partial charge is 0.768 e. The molecule has 0 amide bonds. The number of anilines is 2. The van der Waals surface area contributed by atoms with Crippen LogP contribution in [0.4, 0.5) is 11.4 Å². The van der Waals surface area contributed by atoms with Gasteiger partial charge in [-0.1, -0.05) is 80.6 Å². The maximum atomic E-state index is 12.8. The molecule has 2 unspecified atom stereocenters. The van der Waals surface area contributed by atoms with Crippen molar-refractivity contribution in [1.29, 1.82) is 0 Å². The molecule has 0 saturated heterocycles. The third-order valence-electron chi connectivity index (χ3n) is 6.57. The minimum atomic E-state index is -2.38. The first-order valence-electron chi connectivity index (χ1n) is 11.9. The highest BCUT2D eigenvalue weighted by Gasteiger charge is 2.30. The normalized spacial score (nSPS) is 13.1. The number of fused-ring (bicyclic) bond motifs is 1. The second-order valence-corrected chi connectivity index (χ2v) is 10.5. The zero-order valence-electron chi connectivity index (χ0n) is 21.3. The third kappa shape index (κ3) is 4.71. The van der Waals surface area contributed by atoms with E-state index in [0.717, 1.165) is 44.4 Å². The highest BCUT2D eigenvalue weighted by Crippen LogP contribution is 2.48. The summed E-state index contributed by atoms with van der Waals surface area (Å²) in [5.41, 5.74) is 6.37. The lowest BCUT2D eigenvalue weighted by molar-refractivity contribution is 0.536. The first-order valence-corrected chi connectivity index (χ1v) is 13.0. The molecule has 4 rings (SSSR count). The highest BCUT2D eigenvalue weighted by molar-refractivity contribution is 7.79. The Labute approximate surface area is 211 Å². The Bertz CT molecular complexity index is 1350. The van der Waals surface area contributed by atoms with E-state index in [9.17, 15) is 8.76 Å². The molecular weight excluding hydrogens is 452 g/mol. The quantitative estimate of drug-likeness (QED) is 0.221. The third-order valence-corrected chi connectivity index (χ3v) is 7.35. The van der Waals surface area contributed by atoms with Crippen molar-refractivity contribution in [2.24, 2.45) is 0 Å². The summed E-state index contributed by atoms with van der Waals surface area (Å²) in [4.78, 5) is 4.62. The van der Waals surface area contributed by atoms with E-state index >= 15 is 0 Å². The van der Waals surface area contributed by atoms with Crippen molar-refractivity contribution in [2.75, 3.05) is 38.0 Å². The van der Waals surface area contributed by atoms with Crippen molar-refractivity contribution in [3.63, 3.8) is 0 Å². The topological polar surface area (TPSA) is 46.6 Å². The first-order chi connectivity index (χ1) is 16.7. The molecule has 35 heavy (non-hydrogen) atoms. The van der Waals surface area contributed by atoms with Gasteiger partial charge in [0.25, 0.3) is 0 Å². The summed E-state index contributed by atoms with van der Waals surface area (Å²) < 4.78 is 25.5. The molecule has 4 nitrogen and oxygen atoms in total. The van der Waals surface area contributed by atoms with Crippen LogP contribution in [-0.2, 0) is 11.1 Å². The SMILES string of the molecule is CC(C)c1c(C(c2ccccc2)c2ccc(N(C)C)cc2)c(N(C)C)c2ccccc2c1S(=O)[O-]. The Morgan fingerprint density at radius 2 is 1.23 bits per heavy atom. The summed E-state index contributed by atoms with van der Waals surface area (Å²) in [5, 5.41) is 1.72. The fourth-order valence-electron chi connectivity index (χ4n) is 5.09. The standard InChI is InChI=1S/C30H34N2O2S/c1-20(2)26-28(29(32(5)6)24-14-10-11-15-25(24)30(26)35(33)34)27(21-12-8-7-9-13-21)22-16-18-23(19-17-22)31(3)4/h7-20,27H,1-6H3,(H,33,34)/p-1. The molecule has 4 aromatic rings. The van der Waals surface area contributed by atoms with Crippen LogP contribution in [0, 0.1) is 0 Å². The smallest absolute Gasteiger partial charge is 0.0486 e. The van der Waals surface area contributed by atoms with Gasteiger partial charge in [0.1, 0.15) is 0 Å². The molecule has 0 fully saturated rings. The molecule has 0 aliphatic rings. The van der Waals surface area contributed by atoms with Gasteiger partial charge in [-0.15, -0.1) is 0 Å². The zero-order chi connectivity index (χ0) is 25.3. The van der Waals surface area contributed by atoms with Gasteiger partial charge in [0.2, 0.25) is 0 Å². The summed E-state index contributed by atoms with van der Waals surface area (Å²) in [7, 11) is 8.15. The molecule has 0 radical (unpaired) electrons. The Balaban J connectivity index is 2.19. The fraction of sp³-hybridized carbons (Fsp3) is 0.267. The van der Waals surface area contributed by atoms with Crippen LogP contribution in [0.1, 0.15) is 47.9 Å². The average molecular weight is 486 g/mol. The molecule has 0 spiro atoms. The first kappa shape index (κ1) is 25.0. The van der Waals surface area contributed by atoms with Crippen LogP contribution < -0.4 is 9.80 Å². The van der Waals surface area contributed by atoms with Gasteiger partial charge < -0.3 is 14.4 Å². The second-order valence-electron chi connectivity index (χ2n) is 9.66. The molecular formula is C30H33N2O2S-. The molecule has 182 valence electrons. The monoisotopic (exact) mass is 485 g/mol. The summed E-state index contributed by atoms with van der Waals surface area (Å²) in [6, 6.07) is 26.8. The number of nitrogens with zero attached hydrogens (tertiary/aromatic N) is 2. The Morgan fingerprint density at radius 1 is 0.686 bits per heavy atom. The average Bonchev–Trinajstić information content (AvgIpc) is 2.83. The fourth-order valence-corrected chi connectivity index (χ4v) is 5.97. The Kier molecular flexibility index (Phi) is 7.29. The van der Waals surface area contributed by atoms with E-state index < -0.39 is 11.1 Å². The highest BCUT2D eigenvalue weighted by atomic mass is 32.2. The van der Waals surface area contributed by atoms with E-state index in [1.54, 1.807) is 0 Å². The van der Waals surface area contributed by atoms with Gasteiger partial charge in [-0.05, 0) is 56.8 Å². The lowest BCUT2D eigenvalue weighted by Crippen LogP contribution is -2.19. The van der Waals surface area contributed by atoms with Crippen LogP contribution in [0.25, 0.3) is 10.8 Å². The van der Waals surface area contributed by atoms with E-state index in [2.05, 4.69) is 72.2 Å². The van der Waals surface area contributed by atoms with Crippen molar-refractivity contribution in [1.82, 2.24) is 0 Å². The van der Waals surface area contributed by atoms with Gasteiger partial charge in [-0.25, -0.2) is 0 Å². The van der Waals surface area contributed by atoms with Crippen LogP contribution in [-0.4, -0.2) is 37.0 Å². The van der Waals surface area contributed by atoms with E-state index in [1.807, 2.05) is 58.5 Å². The number of hydrogen-bond acceptors (Lipinski definition) is 4. The lowest BCUT2D eigenvalue weighted by Gasteiger charge is -2.33. The van der Waals surface area contributed by atoms with Crippen molar-refractivity contribution >= 4 is 33.2 Å². The van der Waals surface area contributed by atoms with Gasteiger partial charge in [0.05, 0.1) is 0 Å². The molecule has 0 aliphatic heterocycles. The number of hydrogen-bond donors (Lipinski definition) is 0. The van der Waals surface area contributed by atoms with Gasteiger partial charge in [-0.3, -0.25) is 4.21 Å². The minimum absolute atomic E-state index is 0.00784. The van der Waals surface area contributed by atoms with Crippen LogP contribution in [0.2, 0.25) is 0 Å². The van der Waals surface area contributed by atoms with E-state index in [4.69, 9.17) is 0 Å². The van der Waals surface area contributed by atoms with Crippen molar-refractivity contribution < 1.29 is 8.76 Å². The van der Waals surface area contributed by atoms with Crippen molar-refractivity contribution in [3.05, 3.63) is 101 Å². The van der Waals surface area contributed by atoms with Gasteiger partial charge in [0.15, 0.2) is 0 Å². The molecule has 5 heteroatoms. The maximum absolute atomic E-state index is 12.8. The van der Waals surface area contributed by atoms with Crippen LogP contribution >= 0.6 is 0 Å². The molecule has 0 saturated carbocycles. The minimum Gasteiger partial charge on any atom is -0.768 e. The molecule has 2 atom stereocenters. The predicted molar refractivity (Wildman–Crippen MR) is 148 cm³/mol. The summed E-state index contributed by atoms with van der Waals surface area (Å²) >= 11 is -2.38. The van der Waals surface area contributed by atoms with E-state index in [0.29, 0.717) is 4.90 Å². The Morgan fingerprint density at radius 3 is 1.74 bits per heavy atom. The van der Waals surface area contributed by atoms with Crippen LogP contribution in [0.5, 0.6) is 0 Å². The molecule has 0 N–H and O–H groups in total. The molecule has 0 aliphatic carbocycles. The van der Waals surface area contributed by atoms with E-state index in [-0.39, 0.29) is 11.8 Å². The molecule has 0 bridgehead atoms. The van der Waals surface area contributed by atoms with E-state index in [1.165, 1.54) is 0 Å². The molecule has 0 aromatic heterocycles. The van der Waals surface area contributed by atoms with Gasteiger partial charge in [-0.2, -0.15) is 0 Å². The molecule has 0 heterocycles. The summed E-state index contributed by atoms with van der Waals surface area (Å²) in [6.45, 7) is 4.17. The number of rotatable bonds is 7. The van der Waals surface area contributed by atoms with Gasteiger partial charge >= 0.3 is 0 Å². The lowest BCUT2D eigenvalue weighted by atomic mass is 9.78. The Hall–Kier alpha value is -3.15. The van der Waals surface area contributed by atoms with Gasteiger partial charge in [0, 0.05) is 55.8 Å². The van der Waals surface area contributed by atoms with Crippen LogP contribution in [0.15, 0.2) is 83.8 Å². The second kappa shape index (κ2) is 10.2. The maximum Gasteiger partial charge on any atom is 0.0486 e. The van der Waals surface area contributed by atoms with Crippen LogP contribution in [0.3, 0.4) is 0 Å². The summed E-state index contributed by atoms with van der Waals surface area (Å²) in [6.07, 6.45) is 0. The molecule has 4 aromatic carbocycles. The predicted octanol–water partition coefficient (Wildman–Crippen LogP) is 6.51. The van der Waals surface area contributed by atoms with Crippen molar-refractivity contribution in [2.45, 2.75) is 30.6 Å². The number of benzene rings is 4. The summed E-state index contributed by atoms with van der Waals surface area (Å²) in [5.74, 6) is -0.123. The zero-order valence-corrected chi connectivity index (χ0v) is 22.1.